The lowest BCUT2D eigenvalue weighted by Crippen LogP contribution is -2.18. The number of hydrogen-bond acceptors (Lipinski definition) is 8. The molecule has 48 heavy (non-hydrogen) atoms. The van der Waals surface area contributed by atoms with Crippen molar-refractivity contribution < 1.29 is 23.0 Å². The van der Waals surface area contributed by atoms with Gasteiger partial charge in [0, 0.05) is 33.4 Å². The van der Waals surface area contributed by atoms with Crippen LogP contribution in [0.3, 0.4) is 0 Å². The van der Waals surface area contributed by atoms with Crippen LogP contribution in [0, 0.1) is 0 Å². The zero-order valence-electron chi connectivity index (χ0n) is 26.5. The number of nitrogen functional groups attached to an aromatic ring is 3. The largest absolute Gasteiger partial charge is 0.768 e. The highest BCUT2D eigenvalue weighted by atomic mass is 32.2. The van der Waals surface area contributed by atoms with Crippen LogP contribution in [-0.2, 0) is 16.5 Å². The van der Waals surface area contributed by atoms with Crippen LogP contribution in [0.15, 0.2) is 150 Å². The Hall–Kier alpha value is -5.77. The first-order valence-corrected chi connectivity index (χ1v) is 16.1. The van der Waals surface area contributed by atoms with E-state index in [1.165, 1.54) is 23.3 Å². The maximum atomic E-state index is 10.7. The second-order valence-electron chi connectivity index (χ2n) is 11.4. The van der Waals surface area contributed by atoms with Gasteiger partial charge in [0.25, 0.3) is 0 Å². The van der Waals surface area contributed by atoms with Gasteiger partial charge >= 0.3 is 0 Å². The van der Waals surface area contributed by atoms with Gasteiger partial charge in [0.2, 0.25) is 0 Å². The Balaban J connectivity index is 0.000000224. The fourth-order valence-corrected chi connectivity index (χ4v) is 5.08. The van der Waals surface area contributed by atoms with Crippen molar-refractivity contribution in [3.05, 3.63) is 157 Å². The van der Waals surface area contributed by atoms with Crippen molar-refractivity contribution in [2.24, 2.45) is 0 Å². The van der Waals surface area contributed by atoms with Crippen LogP contribution in [0.1, 0.15) is 25.0 Å². The number of nitrogens with two attached hydrogens (primary N) is 3. The lowest BCUT2D eigenvalue weighted by molar-refractivity contribution is 0.481. The summed E-state index contributed by atoms with van der Waals surface area (Å²) in [6, 6.07) is 44.3. The lowest BCUT2D eigenvalue weighted by atomic mass is 9.78. The standard InChI is InChI=1S/C27H26N2O2.C12H11NO3S/c1-27(2,19-3-11-23(12-4-19)30-25-15-7-21(28)8-16-25)20-5-13-24(14-6-20)31-26-17-9-22(29)10-18-26;13-9-2-1-3-11(8-9)16-10-4-6-12(7-5-10)17(14)15/h3-18H,28-29H2,1-2H3;1-8H,13H2,(H,14,15)/p-1. The van der Waals surface area contributed by atoms with Gasteiger partial charge in [0.05, 0.1) is 0 Å². The average Bonchev–Trinajstić information content (AvgIpc) is 3.08. The summed E-state index contributed by atoms with van der Waals surface area (Å²) in [5, 5.41) is 0. The van der Waals surface area contributed by atoms with Gasteiger partial charge in [-0.15, -0.1) is 0 Å². The first-order chi connectivity index (χ1) is 23.0. The van der Waals surface area contributed by atoms with Gasteiger partial charge in [-0.05, 0) is 131 Å². The van der Waals surface area contributed by atoms with Crippen molar-refractivity contribution in [1.29, 1.82) is 0 Å². The minimum Gasteiger partial charge on any atom is -0.768 e. The topological polar surface area (TPSA) is 146 Å². The first-order valence-electron chi connectivity index (χ1n) is 15.1. The first kappa shape index (κ1) is 33.6. The molecule has 0 radical (unpaired) electrons. The summed E-state index contributed by atoms with van der Waals surface area (Å²) in [6.07, 6.45) is 0. The Kier molecular flexibility index (Phi) is 10.6. The van der Waals surface area contributed by atoms with E-state index < -0.39 is 11.1 Å². The molecule has 0 aliphatic carbocycles. The smallest absolute Gasteiger partial charge is 0.129 e. The molecule has 0 fully saturated rings. The molecule has 0 aromatic heterocycles. The molecule has 0 aliphatic heterocycles. The van der Waals surface area contributed by atoms with Crippen LogP contribution in [0.25, 0.3) is 0 Å². The second kappa shape index (κ2) is 15.2. The van der Waals surface area contributed by atoms with E-state index in [9.17, 15) is 8.76 Å². The van der Waals surface area contributed by atoms with Crippen molar-refractivity contribution in [3.8, 4) is 34.5 Å². The Bertz CT molecular complexity index is 1850. The number of anilines is 3. The molecule has 0 saturated carbocycles. The van der Waals surface area contributed by atoms with Gasteiger partial charge in [0.1, 0.15) is 34.5 Å². The van der Waals surface area contributed by atoms with Crippen LogP contribution < -0.4 is 31.4 Å². The summed E-state index contributed by atoms with van der Waals surface area (Å²) in [5.74, 6) is 4.27. The Labute approximate surface area is 283 Å². The van der Waals surface area contributed by atoms with Crippen LogP contribution >= 0.6 is 0 Å². The van der Waals surface area contributed by atoms with Crippen LogP contribution in [0.4, 0.5) is 17.1 Å². The van der Waals surface area contributed by atoms with E-state index in [0.29, 0.717) is 28.6 Å². The molecule has 0 aliphatic rings. The third kappa shape index (κ3) is 9.16. The molecule has 6 aromatic carbocycles. The van der Waals surface area contributed by atoms with E-state index >= 15 is 0 Å². The van der Waals surface area contributed by atoms with Gasteiger partial charge in [0.15, 0.2) is 0 Å². The summed E-state index contributed by atoms with van der Waals surface area (Å²) in [7, 11) is 0. The quantitative estimate of drug-likeness (QED) is 0.103. The molecule has 0 heterocycles. The molecule has 8 nitrogen and oxygen atoms in total. The molecule has 0 saturated heterocycles. The summed E-state index contributed by atoms with van der Waals surface area (Å²) >= 11 is -2.21. The average molecular weight is 659 g/mol. The Morgan fingerprint density at radius 1 is 0.479 bits per heavy atom. The van der Waals surface area contributed by atoms with Gasteiger partial charge in [-0.2, -0.15) is 0 Å². The van der Waals surface area contributed by atoms with Crippen molar-refractivity contribution in [2.75, 3.05) is 17.2 Å². The van der Waals surface area contributed by atoms with Crippen LogP contribution in [-0.4, -0.2) is 8.76 Å². The zero-order chi connectivity index (χ0) is 34.1. The van der Waals surface area contributed by atoms with Crippen LogP contribution in [0.2, 0.25) is 0 Å². The molecular weight excluding hydrogens is 623 g/mol. The Morgan fingerprint density at radius 2 is 0.833 bits per heavy atom. The highest BCUT2D eigenvalue weighted by Crippen LogP contribution is 2.35. The van der Waals surface area contributed by atoms with Gasteiger partial charge < -0.3 is 36.0 Å². The highest BCUT2D eigenvalue weighted by molar-refractivity contribution is 7.79. The summed E-state index contributed by atoms with van der Waals surface area (Å²) in [6.45, 7) is 4.41. The third-order valence-electron chi connectivity index (χ3n) is 7.49. The molecule has 0 amide bonds. The molecule has 244 valence electrons. The summed E-state index contributed by atoms with van der Waals surface area (Å²) < 4.78 is 38.6. The molecule has 9 heteroatoms. The van der Waals surface area contributed by atoms with E-state index in [2.05, 4.69) is 38.1 Å². The minimum absolute atomic E-state index is 0.167. The van der Waals surface area contributed by atoms with Crippen molar-refractivity contribution in [3.63, 3.8) is 0 Å². The fourth-order valence-electron chi connectivity index (χ4n) is 4.72. The van der Waals surface area contributed by atoms with Crippen LogP contribution in [0.5, 0.6) is 34.5 Å². The predicted octanol–water partition coefficient (Wildman–Crippen LogP) is 9.06. The summed E-state index contributed by atoms with van der Waals surface area (Å²) in [4.78, 5) is 0.227. The second-order valence-corrected chi connectivity index (χ2v) is 12.3. The lowest BCUT2D eigenvalue weighted by Gasteiger charge is -2.26. The Morgan fingerprint density at radius 3 is 1.21 bits per heavy atom. The highest BCUT2D eigenvalue weighted by Gasteiger charge is 2.23. The van der Waals surface area contributed by atoms with Crippen molar-refractivity contribution >= 4 is 28.1 Å². The molecule has 0 spiro atoms. The zero-order valence-corrected chi connectivity index (χ0v) is 27.4. The van der Waals surface area contributed by atoms with E-state index in [4.69, 9.17) is 31.4 Å². The number of rotatable bonds is 9. The minimum atomic E-state index is -2.21. The number of ether oxygens (including phenoxy) is 3. The molecule has 0 bridgehead atoms. The molecule has 1 unspecified atom stereocenters. The number of benzene rings is 6. The van der Waals surface area contributed by atoms with Gasteiger partial charge in [-0.1, -0.05) is 44.2 Å². The summed E-state index contributed by atoms with van der Waals surface area (Å²) in [5.41, 5.74) is 21.3. The van der Waals surface area contributed by atoms with Gasteiger partial charge in [-0.3, -0.25) is 4.21 Å². The van der Waals surface area contributed by atoms with Crippen molar-refractivity contribution in [2.45, 2.75) is 24.2 Å². The third-order valence-corrected chi connectivity index (χ3v) is 8.15. The number of hydrogen-bond donors (Lipinski definition) is 3. The maximum absolute atomic E-state index is 10.7. The van der Waals surface area contributed by atoms with E-state index in [0.717, 1.165) is 23.0 Å². The van der Waals surface area contributed by atoms with E-state index in [1.807, 2.05) is 72.8 Å². The van der Waals surface area contributed by atoms with Gasteiger partial charge in [-0.25, -0.2) is 0 Å². The maximum Gasteiger partial charge on any atom is 0.129 e. The fraction of sp³-hybridized carbons (Fsp3) is 0.0769. The molecule has 1 atom stereocenters. The van der Waals surface area contributed by atoms with Crippen molar-refractivity contribution in [1.82, 2.24) is 0 Å². The SMILES string of the molecule is CC(C)(c1ccc(Oc2ccc(N)cc2)cc1)c1ccc(Oc2ccc(N)cc2)cc1.Nc1cccc(Oc2ccc(S(=O)[O-])cc2)c1. The molecule has 6 rings (SSSR count). The molecular formula is C39H36N3O5S-. The van der Waals surface area contributed by atoms with E-state index in [-0.39, 0.29) is 10.3 Å². The predicted molar refractivity (Wildman–Crippen MR) is 191 cm³/mol. The van der Waals surface area contributed by atoms with E-state index in [1.54, 1.807) is 36.4 Å². The molecule has 6 aromatic rings. The molecule has 6 N–H and O–H groups in total. The monoisotopic (exact) mass is 658 g/mol. The normalized spacial score (nSPS) is 11.5.